The van der Waals surface area contributed by atoms with Gasteiger partial charge in [-0.3, -0.25) is 0 Å². The van der Waals surface area contributed by atoms with Crippen molar-refractivity contribution in [3.05, 3.63) is 30.3 Å². The molecule has 0 aliphatic carbocycles. The Bertz CT molecular complexity index is 222. The fraction of sp³-hybridized carbons (Fsp3) is 0.143. The number of hydrogen-bond acceptors (Lipinski definition) is 0. The standard InChI is InChI=1S/C7H7Cl3Ge/c8-6-11(9,10)7-4-2-1-3-5-7/h1-5H,6H2. The maximum absolute atomic E-state index is 6.07. The molecule has 11 heavy (non-hydrogen) atoms. The summed E-state index contributed by atoms with van der Waals surface area (Å²) in [6.07, 6.45) is 0. The van der Waals surface area contributed by atoms with Crippen molar-refractivity contribution in [2.75, 3.05) is 4.71 Å². The Morgan fingerprint density at radius 1 is 1.09 bits per heavy atom. The molecule has 0 N–H and O–H groups in total. The van der Waals surface area contributed by atoms with E-state index in [1.54, 1.807) is 0 Å². The first-order chi connectivity index (χ1) is 5.17. The normalized spacial score (nSPS) is 11.5. The topological polar surface area (TPSA) is 0 Å². The molecular formula is C7H7Cl3Ge. The summed E-state index contributed by atoms with van der Waals surface area (Å²) >= 11 is 2.82. The van der Waals surface area contributed by atoms with Crippen LogP contribution in [0, 0.1) is 0 Å². The fourth-order valence-corrected chi connectivity index (χ4v) is 4.62. The van der Waals surface area contributed by atoms with Crippen LogP contribution >= 0.6 is 31.6 Å². The van der Waals surface area contributed by atoms with Gasteiger partial charge >= 0.3 is 82.5 Å². The summed E-state index contributed by atoms with van der Waals surface area (Å²) in [5.41, 5.74) is 0. The minimum atomic E-state index is -2.83. The molecule has 0 spiro atoms. The molecule has 0 fully saturated rings. The number of benzene rings is 1. The van der Waals surface area contributed by atoms with Crippen LogP contribution in [-0.4, -0.2) is 16.1 Å². The molecule has 1 aromatic carbocycles. The first-order valence-electron chi connectivity index (χ1n) is 3.16. The zero-order valence-electron chi connectivity index (χ0n) is 5.73. The van der Waals surface area contributed by atoms with Crippen LogP contribution in [-0.2, 0) is 0 Å². The number of alkyl halides is 1. The van der Waals surface area contributed by atoms with Gasteiger partial charge in [0.1, 0.15) is 0 Å². The fourth-order valence-electron chi connectivity index (χ4n) is 0.759. The number of rotatable bonds is 2. The summed E-state index contributed by atoms with van der Waals surface area (Å²) in [4.78, 5) is 0. The molecule has 0 saturated heterocycles. The van der Waals surface area contributed by atoms with Gasteiger partial charge in [0.15, 0.2) is 0 Å². The molecule has 4 heteroatoms. The van der Waals surface area contributed by atoms with Crippen molar-refractivity contribution in [3.8, 4) is 0 Å². The van der Waals surface area contributed by atoms with Crippen LogP contribution in [0.15, 0.2) is 30.3 Å². The number of halogens is 3. The van der Waals surface area contributed by atoms with Gasteiger partial charge in [-0.2, -0.15) is 0 Å². The Morgan fingerprint density at radius 2 is 1.64 bits per heavy atom. The molecule has 0 heterocycles. The summed E-state index contributed by atoms with van der Waals surface area (Å²) in [6.45, 7) is 0. The van der Waals surface area contributed by atoms with Crippen molar-refractivity contribution in [3.63, 3.8) is 0 Å². The molecule has 0 aliphatic rings. The molecule has 0 aliphatic heterocycles. The van der Waals surface area contributed by atoms with E-state index in [1.165, 1.54) is 0 Å². The van der Waals surface area contributed by atoms with Crippen molar-refractivity contribution in [2.24, 2.45) is 0 Å². The van der Waals surface area contributed by atoms with Gasteiger partial charge in [0.25, 0.3) is 0 Å². The maximum atomic E-state index is 6.07. The zero-order chi connectivity index (χ0) is 8.32. The Kier molecular flexibility index (Phi) is 3.57. The molecule has 0 bridgehead atoms. The third-order valence-electron chi connectivity index (χ3n) is 1.36. The molecule has 1 aromatic rings. The van der Waals surface area contributed by atoms with Gasteiger partial charge in [-0.1, -0.05) is 0 Å². The zero-order valence-corrected chi connectivity index (χ0v) is 10.1. The van der Waals surface area contributed by atoms with Crippen molar-refractivity contribution in [1.82, 2.24) is 0 Å². The van der Waals surface area contributed by atoms with Crippen LogP contribution in [0.3, 0.4) is 0 Å². The Morgan fingerprint density at radius 3 is 2.09 bits per heavy atom. The van der Waals surface area contributed by atoms with Crippen LogP contribution < -0.4 is 4.40 Å². The quantitative estimate of drug-likeness (QED) is 0.572. The van der Waals surface area contributed by atoms with Gasteiger partial charge in [0.05, 0.1) is 0 Å². The molecule has 1 rings (SSSR count). The van der Waals surface area contributed by atoms with Gasteiger partial charge in [0.2, 0.25) is 0 Å². The molecular weight excluding hydrogens is 263 g/mol. The monoisotopic (exact) mass is 270 g/mol. The molecule has 0 nitrogen and oxygen atoms in total. The number of hydrogen-bond donors (Lipinski definition) is 0. The summed E-state index contributed by atoms with van der Waals surface area (Å²) in [5.74, 6) is 0. The molecule has 0 saturated carbocycles. The Labute approximate surface area is 82.2 Å². The van der Waals surface area contributed by atoms with Gasteiger partial charge in [0, 0.05) is 0 Å². The van der Waals surface area contributed by atoms with E-state index in [4.69, 9.17) is 31.6 Å². The first kappa shape index (κ1) is 9.72. The Hall–Kier alpha value is 0.633. The predicted octanol–water partition coefficient (Wildman–Crippen LogP) is 2.59. The average Bonchev–Trinajstić information content (AvgIpc) is 2.06. The van der Waals surface area contributed by atoms with Crippen LogP contribution in [0.4, 0.5) is 0 Å². The van der Waals surface area contributed by atoms with E-state index in [0.717, 1.165) is 4.40 Å². The van der Waals surface area contributed by atoms with E-state index in [0.29, 0.717) is 4.71 Å². The average molecular weight is 270 g/mol. The van der Waals surface area contributed by atoms with E-state index in [2.05, 4.69) is 0 Å². The van der Waals surface area contributed by atoms with E-state index < -0.39 is 11.4 Å². The predicted molar refractivity (Wildman–Crippen MR) is 54.3 cm³/mol. The third-order valence-corrected chi connectivity index (χ3v) is 11.7. The van der Waals surface area contributed by atoms with Gasteiger partial charge in [-0.25, -0.2) is 0 Å². The van der Waals surface area contributed by atoms with Gasteiger partial charge in [-0.15, -0.1) is 0 Å². The second-order valence-corrected chi connectivity index (χ2v) is 16.0. The summed E-state index contributed by atoms with van der Waals surface area (Å²) in [7, 11) is 12.1. The van der Waals surface area contributed by atoms with Gasteiger partial charge in [-0.05, 0) is 0 Å². The van der Waals surface area contributed by atoms with Crippen molar-refractivity contribution < 1.29 is 0 Å². The summed E-state index contributed by atoms with van der Waals surface area (Å²) in [5, 5.41) is 0. The van der Waals surface area contributed by atoms with E-state index in [9.17, 15) is 0 Å². The van der Waals surface area contributed by atoms with E-state index in [1.807, 2.05) is 30.3 Å². The van der Waals surface area contributed by atoms with Crippen molar-refractivity contribution in [1.29, 1.82) is 0 Å². The molecule has 0 atom stereocenters. The second kappa shape index (κ2) is 4.04. The van der Waals surface area contributed by atoms with Crippen LogP contribution in [0.5, 0.6) is 0 Å². The van der Waals surface area contributed by atoms with Crippen molar-refractivity contribution >= 4 is 47.4 Å². The molecule has 60 valence electrons. The van der Waals surface area contributed by atoms with Crippen LogP contribution in [0.25, 0.3) is 0 Å². The minimum absolute atomic E-state index is 0.382. The summed E-state index contributed by atoms with van der Waals surface area (Å²) in [6, 6.07) is 9.65. The van der Waals surface area contributed by atoms with Crippen LogP contribution in [0.2, 0.25) is 0 Å². The third kappa shape index (κ3) is 2.55. The first-order valence-corrected chi connectivity index (χ1v) is 11.7. The molecule has 0 amide bonds. The SMILES string of the molecule is Cl[CH2][Ge]([Cl])([Cl])[c]1ccccc1. The summed E-state index contributed by atoms with van der Waals surface area (Å²) < 4.78 is 1.40. The van der Waals surface area contributed by atoms with Gasteiger partial charge < -0.3 is 0 Å². The van der Waals surface area contributed by atoms with Crippen LogP contribution in [0.1, 0.15) is 0 Å². The molecule has 0 unspecified atom stereocenters. The molecule has 0 radical (unpaired) electrons. The second-order valence-electron chi connectivity index (χ2n) is 2.20. The molecule has 0 aromatic heterocycles. The van der Waals surface area contributed by atoms with E-state index in [-0.39, 0.29) is 0 Å². The van der Waals surface area contributed by atoms with E-state index >= 15 is 0 Å². The Balaban J connectivity index is 2.93. The van der Waals surface area contributed by atoms with Crippen molar-refractivity contribution in [2.45, 2.75) is 0 Å².